The lowest BCUT2D eigenvalue weighted by atomic mass is 9.83. The Morgan fingerprint density at radius 3 is 2.65 bits per heavy atom. The molecule has 1 saturated carbocycles. The molecule has 0 aromatic rings. The van der Waals surface area contributed by atoms with Gasteiger partial charge in [-0.2, -0.15) is 0 Å². The third kappa shape index (κ3) is 3.70. The van der Waals surface area contributed by atoms with Gasteiger partial charge in [-0.1, -0.05) is 38.4 Å². The maximum Gasteiger partial charge on any atom is 0.226 e. The van der Waals surface area contributed by atoms with Crippen LogP contribution in [-0.2, 0) is 9.53 Å². The van der Waals surface area contributed by atoms with Gasteiger partial charge in [-0.05, 0) is 31.6 Å². The van der Waals surface area contributed by atoms with E-state index < -0.39 is 0 Å². The first-order chi connectivity index (χ1) is 9.63. The lowest BCUT2D eigenvalue weighted by molar-refractivity contribution is -0.127. The van der Waals surface area contributed by atoms with E-state index in [-0.39, 0.29) is 24.0 Å². The topological polar surface area (TPSA) is 64.3 Å². The fraction of sp³-hybridized carbons (Fsp3) is 0.867. The predicted octanol–water partition coefficient (Wildman–Crippen LogP) is 2.15. The van der Waals surface area contributed by atoms with Gasteiger partial charge < -0.3 is 15.8 Å². The van der Waals surface area contributed by atoms with Crippen molar-refractivity contribution in [3.05, 3.63) is 0 Å². The number of hydrogen-bond acceptors (Lipinski definition) is 3. The van der Waals surface area contributed by atoms with Crippen LogP contribution in [0.15, 0.2) is 0 Å². The van der Waals surface area contributed by atoms with Gasteiger partial charge in [0.2, 0.25) is 5.91 Å². The fourth-order valence-electron chi connectivity index (χ4n) is 3.50. The van der Waals surface area contributed by atoms with Crippen molar-refractivity contribution in [2.24, 2.45) is 17.6 Å². The van der Waals surface area contributed by atoms with Gasteiger partial charge in [0.25, 0.3) is 0 Å². The molecular weight excluding hydrogens is 272 g/mol. The number of ether oxygens (including phenoxy) is 1. The molecule has 0 bridgehead atoms. The van der Waals surface area contributed by atoms with Crippen LogP contribution in [0.4, 0.5) is 0 Å². The molecular formula is C15H26N2O2S. The highest BCUT2D eigenvalue weighted by Gasteiger charge is 2.35. The number of nitrogens with one attached hydrogen (secondary N) is 1. The normalized spacial score (nSPS) is 29.1. The lowest BCUT2D eigenvalue weighted by Gasteiger charge is -2.31. The van der Waals surface area contributed by atoms with Crippen LogP contribution in [0, 0.1) is 11.8 Å². The highest BCUT2D eigenvalue weighted by atomic mass is 32.1. The van der Waals surface area contributed by atoms with E-state index in [1.54, 1.807) is 0 Å². The summed E-state index contributed by atoms with van der Waals surface area (Å²) in [7, 11) is 0. The molecule has 1 aliphatic carbocycles. The zero-order valence-electron chi connectivity index (χ0n) is 12.3. The largest absolute Gasteiger partial charge is 0.392 e. The summed E-state index contributed by atoms with van der Waals surface area (Å²) in [6.07, 6.45) is 7.66. The molecule has 1 amide bonds. The SMILES string of the molecule is CCC1OCCC1C(=O)NC(C(N)=S)C1CCCCC1. The van der Waals surface area contributed by atoms with Gasteiger partial charge in [0.05, 0.1) is 23.1 Å². The molecule has 3 unspecified atom stereocenters. The quantitative estimate of drug-likeness (QED) is 0.763. The van der Waals surface area contributed by atoms with Gasteiger partial charge in [0.1, 0.15) is 0 Å². The van der Waals surface area contributed by atoms with Crippen LogP contribution in [0.25, 0.3) is 0 Å². The van der Waals surface area contributed by atoms with Gasteiger partial charge in [0.15, 0.2) is 0 Å². The molecule has 2 rings (SSSR count). The minimum absolute atomic E-state index is 0.0413. The van der Waals surface area contributed by atoms with E-state index in [0.29, 0.717) is 17.5 Å². The summed E-state index contributed by atoms with van der Waals surface area (Å²) in [5.41, 5.74) is 5.87. The molecule has 0 spiro atoms. The Morgan fingerprint density at radius 1 is 1.35 bits per heavy atom. The van der Waals surface area contributed by atoms with Crippen LogP contribution in [0.2, 0.25) is 0 Å². The van der Waals surface area contributed by atoms with Crippen molar-refractivity contribution >= 4 is 23.1 Å². The van der Waals surface area contributed by atoms with Crippen molar-refractivity contribution in [1.29, 1.82) is 0 Å². The first-order valence-electron chi connectivity index (χ1n) is 7.84. The highest BCUT2D eigenvalue weighted by molar-refractivity contribution is 7.80. The van der Waals surface area contributed by atoms with Crippen LogP contribution < -0.4 is 11.1 Å². The average molecular weight is 298 g/mol. The molecule has 1 aliphatic heterocycles. The smallest absolute Gasteiger partial charge is 0.226 e. The van der Waals surface area contributed by atoms with E-state index in [9.17, 15) is 4.79 Å². The van der Waals surface area contributed by atoms with E-state index in [1.807, 2.05) is 0 Å². The fourth-order valence-corrected chi connectivity index (χ4v) is 3.75. The van der Waals surface area contributed by atoms with E-state index in [1.165, 1.54) is 19.3 Å². The molecule has 4 nitrogen and oxygen atoms in total. The molecule has 114 valence electrons. The van der Waals surface area contributed by atoms with E-state index in [2.05, 4.69) is 12.2 Å². The Kier molecular flexibility index (Phi) is 5.78. The summed E-state index contributed by atoms with van der Waals surface area (Å²) in [5, 5.41) is 3.11. The van der Waals surface area contributed by atoms with Crippen molar-refractivity contribution < 1.29 is 9.53 Å². The zero-order chi connectivity index (χ0) is 14.5. The third-order valence-corrected chi connectivity index (χ3v) is 4.93. The van der Waals surface area contributed by atoms with Crippen LogP contribution in [0.5, 0.6) is 0 Å². The molecule has 0 aromatic heterocycles. The minimum Gasteiger partial charge on any atom is -0.392 e. The van der Waals surface area contributed by atoms with Gasteiger partial charge in [-0.25, -0.2) is 0 Å². The Labute approximate surface area is 126 Å². The van der Waals surface area contributed by atoms with E-state index >= 15 is 0 Å². The maximum absolute atomic E-state index is 12.5. The summed E-state index contributed by atoms with van der Waals surface area (Å²) in [5.74, 6) is 0.436. The van der Waals surface area contributed by atoms with Crippen LogP contribution >= 0.6 is 12.2 Å². The van der Waals surface area contributed by atoms with Gasteiger partial charge >= 0.3 is 0 Å². The number of thiocarbonyl (C=S) groups is 1. The number of nitrogens with two attached hydrogens (primary N) is 1. The average Bonchev–Trinajstić information content (AvgIpc) is 2.93. The Balaban J connectivity index is 1.96. The van der Waals surface area contributed by atoms with Crippen LogP contribution in [0.1, 0.15) is 51.9 Å². The minimum atomic E-state index is -0.143. The Bertz CT molecular complexity index is 356. The van der Waals surface area contributed by atoms with Crippen molar-refractivity contribution in [3.63, 3.8) is 0 Å². The van der Waals surface area contributed by atoms with Crippen molar-refractivity contribution in [2.45, 2.75) is 64.0 Å². The number of hydrogen-bond donors (Lipinski definition) is 2. The molecule has 1 heterocycles. The molecule has 3 N–H and O–H groups in total. The van der Waals surface area contributed by atoms with Crippen molar-refractivity contribution in [2.75, 3.05) is 6.61 Å². The molecule has 5 heteroatoms. The number of rotatable bonds is 5. The molecule has 2 aliphatic rings. The van der Waals surface area contributed by atoms with E-state index in [4.69, 9.17) is 22.7 Å². The Morgan fingerprint density at radius 2 is 2.05 bits per heavy atom. The number of amides is 1. The van der Waals surface area contributed by atoms with Gasteiger partial charge in [-0.15, -0.1) is 0 Å². The van der Waals surface area contributed by atoms with Gasteiger partial charge in [-0.3, -0.25) is 4.79 Å². The van der Waals surface area contributed by atoms with Crippen molar-refractivity contribution in [1.82, 2.24) is 5.32 Å². The second kappa shape index (κ2) is 7.36. The van der Waals surface area contributed by atoms with Crippen molar-refractivity contribution in [3.8, 4) is 0 Å². The molecule has 1 saturated heterocycles. The highest BCUT2D eigenvalue weighted by Crippen LogP contribution is 2.28. The molecule has 0 radical (unpaired) electrons. The van der Waals surface area contributed by atoms with Crippen LogP contribution in [0.3, 0.4) is 0 Å². The second-order valence-electron chi connectivity index (χ2n) is 6.00. The number of carbonyl (C=O) groups is 1. The summed E-state index contributed by atoms with van der Waals surface area (Å²) >= 11 is 5.18. The summed E-state index contributed by atoms with van der Waals surface area (Å²) in [4.78, 5) is 12.9. The van der Waals surface area contributed by atoms with E-state index in [0.717, 1.165) is 25.7 Å². The first kappa shape index (κ1) is 15.7. The summed E-state index contributed by atoms with van der Waals surface area (Å²) in [6, 6.07) is -0.143. The molecule has 20 heavy (non-hydrogen) atoms. The monoisotopic (exact) mass is 298 g/mol. The second-order valence-corrected chi connectivity index (χ2v) is 6.47. The standard InChI is InChI=1S/C15H26N2O2S/c1-2-12-11(8-9-19-12)15(18)17-13(14(16)20)10-6-4-3-5-7-10/h10-13H,2-9H2,1H3,(H2,16,20)(H,17,18). The first-order valence-corrected chi connectivity index (χ1v) is 8.25. The maximum atomic E-state index is 12.5. The lowest BCUT2D eigenvalue weighted by Crippen LogP contribution is -2.51. The summed E-state index contributed by atoms with van der Waals surface area (Å²) in [6.45, 7) is 2.74. The van der Waals surface area contributed by atoms with Gasteiger partial charge in [0, 0.05) is 6.61 Å². The predicted molar refractivity (Wildman–Crippen MR) is 83.4 cm³/mol. The Hall–Kier alpha value is -0.680. The van der Waals surface area contributed by atoms with Crippen LogP contribution in [-0.4, -0.2) is 29.6 Å². The zero-order valence-corrected chi connectivity index (χ0v) is 13.1. The number of carbonyl (C=O) groups excluding carboxylic acids is 1. The molecule has 2 fully saturated rings. The third-order valence-electron chi connectivity index (χ3n) is 4.67. The molecule has 0 aromatic carbocycles. The summed E-state index contributed by atoms with van der Waals surface area (Å²) < 4.78 is 5.60. The molecule has 3 atom stereocenters.